The van der Waals surface area contributed by atoms with Crippen LogP contribution in [-0.4, -0.2) is 34.0 Å². The fourth-order valence-corrected chi connectivity index (χ4v) is 4.38. The molecule has 0 heterocycles. The first-order valence-electron chi connectivity index (χ1n) is 9.46. The second-order valence-corrected chi connectivity index (χ2v) is 9.72. The third-order valence-corrected chi connectivity index (χ3v) is 6.72. The second kappa shape index (κ2) is 9.82. The van der Waals surface area contributed by atoms with Gasteiger partial charge in [0.15, 0.2) is 0 Å². The maximum absolute atomic E-state index is 12.6. The van der Waals surface area contributed by atoms with Crippen LogP contribution in [0.1, 0.15) is 11.1 Å². The summed E-state index contributed by atoms with van der Waals surface area (Å²) in [4.78, 5) is 5.72. The van der Waals surface area contributed by atoms with Gasteiger partial charge in [-0.05, 0) is 48.9 Å². The molecule has 0 atom stereocenters. The van der Waals surface area contributed by atoms with Crippen LogP contribution >= 0.6 is 11.8 Å². The number of hydrogen-bond donors (Lipinski definition) is 1. The molecule has 0 aliphatic carbocycles. The summed E-state index contributed by atoms with van der Waals surface area (Å²) in [6.45, 7) is 1.91. The SMILES string of the molecule is Cc1ccc(S(=O)(=O)N/N=C(/CSc2ccc(N(C)C)cc2)c2ccccc2)cc1. The Morgan fingerprint density at radius 1 is 0.933 bits per heavy atom. The Morgan fingerprint density at radius 2 is 1.57 bits per heavy atom. The molecule has 0 bridgehead atoms. The first kappa shape index (κ1) is 21.9. The van der Waals surface area contributed by atoms with Gasteiger partial charge in [-0.25, -0.2) is 0 Å². The van der Waals surface area contributed by atoms with E-state index in [4.69, 9.17) is 0 Å². The first-order chi connectivity index (χ1) is 14.3. The van der Waals surface area contributed by atoms with Gasteiger partial charge in [-0.15, -0.1) is 11.8 Å². The van der Waals surface area contributed by atoms with Crippen molar-refractivity contribution in [1.29, 1.82) is 0 Å². The van der Waals surface area contributed by atoms with Crippen molar-refractivity contribution < 1.29 is 8.42 Å². The standard InChI is InChI=1S/C23H25N3O2S2/c1-18-9-15-22(16-10-18)30(27,28)25-24-23(19-7-5-4-6-8-19)17-29-21-13-11-20(12-14-21)26(2)3/h4-16,25H,17H2,1-3H3/b24-23-. The Kier molecular flexibility index (Phi) is 7.18. The molecular formula is C23H25N3O2S2. The summed E-state index contributed by atoms with van der Waals surface area (Å²) in [6.07, 6.45) is 0. The molecule has 5 nitrogen and oxygen atoms in total. The first-order valence-corrected chi connectivity index (χ1v) is 11.9. The Morgan fingerprint density at radius 3 is 2.17 bits per heavy atom. The van der Waals surface area contributed by atoms with E-state index in [9.17, 15) is 8.42 Å². The molecule has 0 fully saturated rings. The summed E-state index contributed by atoms with van der Waals surface area (Å²) in [5, 5.41) is 4.27. The van der Waals surface area contributed by atoms with Crippen LogP contribution in [0, 0.1) is 6.92 Å². The molecule has 0 radical (unpaired) electrons. The summed E-state index contributed by atoms with van der Waals surface area (Å²) in [6, 6.07) is 24.5. The van der Waals surface area contributed by atoms with E-state index >= 15 is 0 Å². The van der Waals surface area contributed by atoms with E-state index in [1.54, 1.807) is 36.0 Å². The number of nitrogens with one attached hydrogen (secondary N) is 1. The number of benzene rings is 3. The largest absolute Gasteiger partial charge is 0.378 e. The van der Waals surface area contributed by atoms with Crippen molar-refractivity contribution in [3.63, 3.8) is 0 Å². The fourth-order valence-electron chi connectivity index (χ4n) is 2.69. The molecule has 0 aliphatic rings. The monoisotopic (exact) mass is 439 g/mol. The van der Waals surface area contributed by atoms with Gasteiger partial charge in [0.1, 0.15) is 0 Å². The van der Waals surface area contributed by atoms with Gasteiger partial charge in [0.25, 0.3) is 10.0 Å². The van der Waals surface area contributed by atoms with Crippen LogP contribution in [0.15, 0.2) is 93.8 Å². The van der Waals surface area contributed by atoms with Crippen LogP contribution in [0.25, 0.3) is 0 Å². The summed E-state index contributed by atoms with van der Waals surface area (Å²) < 4.78 is 25.3. The number of nitrogens with zero attached hydrogens (tertiary/aromatic N) is 2. The average Bonchev–Trinajstić information content (AvgIpc) is 2.75. The van der Waals surface area contributed by atoms with Crippen LogP contribution in [-0.2, 0) is 10.0 Å². The highest BCUT2D eigenvalue weighted by Crippen LogP contribution is 2.23. The Balaban J connectivity index is 1.79. The minimum Gasteiger partial charge on any atom is -0.378 e. The lowest BCUT2D eigenvalue weighted by atomic mass is 10.1. The topological polar surface area (TPSA) is 61.8 Å². The second-order valence-electron chi connectivity index (χ2n) is 7.01. The predicted octanol–water partition coefficient (Wildman–Crippen LogP) is 4.54. The molecule has 0 amide bonds. The number of thioether (sulfide) groups is 1. The van der Waals surface area contributed by atoms with Crippen LogP contribution in [0.3, 0.4) is 0 Å². The Bertz CT molecular complexity index is 1090. The third kappa shape index (κ3) is 5.87. The van der Waals surface area contributed by atoms with Crippen LogP contribution < -0.4 is 9.73 Å². The normalized spacial score (nSPS) is 11.9. The lowest BCUT2D eigenvalue weighted by molar-refractivity contribution is 0.584. The highest BCUT2D eigenvalue weighted by atomic mass is 32.2. The number of sulfonamides is 1. The summed E-state index contributed by atoms with van der Waals surface area (Å²) >= 11 is 1.61. The van der Waals surface area contributed by atoms with E-state index in [0.29, 0.717) is 11.5 Å². The maximum atomic E-state index is 12.6. The average molecular weight is 440 g/mol. The molecule has 3 aromatic rings. The molecule has 1 N–H and O–H groups in total. The van der Waals surface area contributed by atoms with E-state index in [0.717, 1.165) is 21.7 Å². The number of rotatable bonds is 8. The molecule has 0 spiro atoms. The van der Waals surface area contributed by atoms with Crippen LogP contribution in [0.2, 0.25) is 0 Å². The van der Waals surface area contributed by atoms with Crippen molar-refractivity contribution in [3.8, 4) is 0 Å². The zero-order chi connectivity index (χ0) is 21.6. The molecular weight excluding hydrogens is 414 g/mol. The van der Waals surface area contributed by atoms with Crippen molar-refractivity contribution in [2.45, 2.75) is 16.7 Å². The maximum Gasteiger partial charge on any atom is 0.276 e. The van der Waals surface area contributed by atoms with E-state index in [-0.39, 0.29) is 4.90 Å². The highest BCUT2D eigenvalue weighted by Gasteiger charge is 2.14. The Hall–Kier alpha value is -2.77. The summed E-state index contributed by atoms with van der Waals surface area (Å²) in [5.74, 6) is 0.530. The number of anilines is 1. The molecule has 3 aromatic carbocycles. The fraction of sp³-hybridized carbons (Fsp3) is 0.174. The van der Waals surface area contributed by atoms with Crippen LogP contribution in [0.4, 0.5) is 5.69 Å². The lowest BCUT2D eigenvalue weighted by Crippen LogP contribution is -2.21. The van der Waals surface area contributed by atoms with E-state index in [1.165, 1.54) is 0 Å². The molecule has 156 valence electrons. The van der Waals surface area contributed by atoms with Gasteiger partial charge >= 0.3 is 0 Å². The molecule has 0 saturated heterocycles. The molecule has 0 aliphatic heterocycles. The molecule has 0 aromatic heterocycles. The minimum atomic E-state index is -3.73. The van der Waals surface area contributed by atoms with Gasteiger partial charge < -0.3 is 4.90 Å². The van der Waals surface area contributed by atoms with Gasteiger partial charge in [-0.3, -0.25) is 0 Å². The minimum absolute atomic E-state index is 0.191. The van der Waals surface area contributed by atoms with E-state index in [2.05, 4.69) is 34.2 Å². The molecule has 30 heavy (non-hydrogen) atoms. The van der Waals surface area contributed by atoms with Crippen LogP contribution in [0.5, 0.6) is 0 Å². The Labute approximate surface area is 182 Å². The number of hydrazone groups is 1. The van der Waals surface area contributed by atoms with Gasteiger partial charge in [-0.1, -0.05) is 48.0 Å². The molecule has 7 heteroatoms. The smallest absolute Gasteiger partial charge is 0.276 e. The quantitative estimate of drug-likeness (QED) is 0.318. The van der Waals surface area contributed by atoms with Gasteiger partial charge in [-0.2, -0.15) is 18.4 Å². The lowest BCUT2D eigenvalue weighted by Gasteiger charge is -2.13. The number of hydrogen-bond acceptors (Lipinski definition) is 5. The van der Waals surface area contributed by atoms with Gasteiger partial charge in [0.05, 0.1) is 10.6 Å². The van der Waals surface area contributed by atoms with Crippen molar-refractivity contribution in [1.82, 2.24) is 4.83 Å². The van der Waals surface area contributed by atoms with E-state index < -0.39 is 10.0 Å². The molecule has 3 rings (SSSR count). The highest BCUT2D eigenvalue weighted by molar-refractivity contribution is 8.00. The van der Waals surface area contributed by atoms with Crippen molar-refractivity contribution in [2.75, 3.05) is 24.7 Å². The zero-order valence-corrected chi connectivity index (χ0v) is 18.9. The summed E-state index contributed by atoms with van der Waals surface area (Å²) in [7, 11) is 0.274. The van der Waals surface area contributed by atoms with Crippen molar-refractivity contribution in [3.05, 3.63) is 90.0 Å². The number of aryl methyl sites for hydroxylation is 1. The predicted molar refractivity (Wildman–Crippen MR) is 126 cm³/mol. The molecule has 0 unspecified atom stereocenters. The van der Waals surface area contributed by atoms with Gasteiger partial charge in [0, 0.05) is 30.4 Å². The van der Waals surface area contributed by atoms with Gasteiger partial charge in [0.2, 0.25) is 0 Å². The van der Waals surface area contributed by atoms with E-state index in [1.807, 2.05) is 56.3 Å². The van der Waals surface area contributed by atoms with Crippen molar-refractivity contribution >= 4 is 33.2 Å². The zero-order valence-electron chi connectivity index (χ0n) is 17.2. The summed E-state index contributed by atoms with van der Waals surface area (Å²) in [5.41, 5.74) is 3.66. The molecule has 0 saturated carbocycles. The van der Waals surface area contributed by atoms with Crippen molar-refractivity contribution in [2.24, 2.45) is 5.10 Å². The third-order valence-electron chi connectivity index (χ3n) is 4.47.